The van der Waals surface area contributed by atoms with Gasteiger partial charge in [0, 0.05) is 13.0 Å². The third-order valence-electron chi connectivity index (χ3n) is 1.14. The van der Waals surface area contributed by atoms with Crippen molar-refractivity contribution in [1.29, 1.82) is 0 Å². The number of ether oxygens (including phenoxy) is 2. The molecule has 1 unspecified atom stereocenters. The SMILES string of the molecule is CCOC(C)OCCC(Cl)(Cl)Cl. The molecule has 0 N–H and O–H groups in total. The fourth-order valence-corrected chi connectivity index (χ4v) is 0.855. The zero-order valence-electron chi connectivity index (χ0n) is 7.15. The zero-order chi connectivity index (χ0) is 9.61. The van der Waals surface area contributed by atoms with Gasteiger partial charge in [0.05, 0.1) is 6.61 Å². The molecule has 0 aromatic rings. The van der Waals surface area contributed by atoms with Crippen molar-refractivity contribution in [1.82, 2.24) is 0 Å². The highest BCUT2D eigenvalue weighted by atomic mass is 35.6. The van der Waals surface area contributed by atoms with E-state index in [0.29, 0.717) is 19.6 Å². The predicted octanol–water partition coefficient (Wildman–Crippen LogP) is 3.15. The smallest absolute Gasteiger partial charge is 0.192 e. The first-order valence-electron chi connectivity index (χ1n) is 3.75. The summed E-state index contributed by atoms with van der Waals surface area (Å²) in [6.45, 7) is 4.71. The van der Waals surface area contributed by atoms with Crippen LogP contribution in [0.2, 0.25) is 0 Å². The fraction of sp³-hybridized carbons (Fsp3) is 1.00. The van der Waals surface area contributed by atoms with Gasteiger partial charge in [0.25, 0.3) is 0 Å². The predicted molar refractivity (Wildman–Crippen MR) is 51.9 cm³/mol. The van der Waals surface area contributed by atoms with Crippen LogP contribution in [-0.4, -0.2) is 23.3 Å². The van der Waals surface area contributed by atoms with Crippen LogP contribution < -0.4 is 0 Å². The van der Waals surface area contributed by atoms with Gasteiger partial charge in [-0.2, -0.15) is 0 Å². The monoisotopic (exact) mass is 234 g/mol. The molecule has 0 saturated carbocycles. The Bertz CT molecular complexity index is 114. The molecule has 0 aliphatic rings. The van der Waals surface area contributed by atoms with Crippen LogP contribution in [0.5, 0.6) is 0 Å². The van der Waals surface area contributed by atoms with E-state index in [0.717, 1.165) is 0 Å². The highest BCUT2D eigenvalue weighted by molar-refractivity contribution is 6.67. The minimum absolute atomic E-state index is 0.234. The number of hydrogen-bond acceptors (Lipinski definition) is 2. The van der Waals surface area contributed by atoms with Crippen molar-refractivity contribution >= 4 is 34.8 Å². The van der Waals surface area contributed by atoms with Crippen molar-refractivity contribution in [2.45, 2.75) is 30.4 Å². The molecule has 0 rings (SSSR count). The van der Waals surface area contributed by atoms with E-state index in [4.69, 9.17) is 44.3 Å². The molecule has 0 heterocycles. The van der Waals surface area contributed by atoms with Crippen LogP contribution in [0.15, 0.2) is 0 Å². The van der Waals surface area contributed by atoms with Crippen molar-refractivity contribution in [2.24, 2.45) is 0 Å². The normalized spacial score (nSPS) is 14.8. The van der Waals surface area contributed by atoms with Crippen molar-refractivity contribution in [3.63, 3.8) is 0 Å². The van der Waals surface area contributed by atoms with E-state index in [2.05, 4.69) is 0 Å². The lowest BCUT2D eigenvalue weighted by atomic mass is 10.5. The molecule has 5 heteroatoms. The Balaban J connectivity index is 3.31. The Hall–Kier alpha value is 0.790. The fourth-order valence-electron chi connectivity index (χ4n) is 0.623. The molecule has 0 aliphatic heterocycles. The standard InChI is InChI=1S/C7H13Cl3O2/c1-3-11-6(2)12-5-4-7(8,9)10/h6H,3-5H2,1-2H3. The summed E-state index contributed by atoms with van der Waals surface area (Å²) in [6, 6.07) is 0. The summed E-state index contributed by atoms with van der Waals surface area (Å²) < 4.78 is 9.06. The summed E-state index contributed by atoms with van der Waals surface area (Å²) in [4.78, 5) is 0. The van der Waals surface area contributed by atoms with Gasteiger partial charge in [-0.1, -0.05) is 34.8 Å². The van der Waals surface area contributed by atoms with Crippen molar-refractivity contribution in [3.8, 4) is 0 Å². The first-order chi connectivity index (χ1) is 5.45. The number of alkyl halides is 3. The maximum Gasteiger partial charge on any atom is 0.192 e. The van der Waals surface area contributed by atoms with Gasteiger partial charge in [0.2, 0.25) is 0 Å². The average molecular weight is 236 g/mol. The van der Waals surface area contributed by atoms with Gasteiger partial charge in [-0.3, -0.25) is 0 Å². The van der Waals surface area contributed by atoms with E-state index in [-0.39, 0.29) is 6.29 Å². The van der Waals surface area contributed by atoms with E-state index >= 15 is 0 Å². The molecule has 0 fully saturated rings. The van der Waals surface area contributed by atoms with E-state index in [9.17, 15) is 0 Å². The first kappa shape index (κ1) is 12.8. The molecule has 0 amide bonds. The van der Waals surface area contributed by atoms with Gasteiger partial charge >= 0.3 is 0 Å². The molecule has 0 aliphatic carbocycles. The van der Waals surface area contributed by atoms with Crippen LogP contribution in [0.1, 0.15) is 20.3 Å². The van der Waals surface area contributed by atoms with Gasteiger partial charge in [-0.05, 0) is 13.8 Å². The summed E-state index contributed by atoms with van der Waals surface area (Å²) in [5.41, 5.74) is 0. The molecule has 74 valence electrons. The van der Waals surface area contributed by atoms with Crippen LogP contribution in [0, 0.1) is 0 Å². The van der Waals surface area contributed by atoms with E-state index in [1.54, 1.807) is 0 Å². The lowest BCUT2D eigenvalue weighted by Crippen LogP contribution is -2.16. The maximum atomic E-state index is 5.50. The highest BCUT2D eigenvalue weighted by Gasteiger charge is 2.19. The topological polar surface area (TPSA) is 18.5 Å². The quantitative estimate of drug-likeness (QED) is 0.538. The average Bonchev–Trinajstić information content (AvgIpc) is 1.84. The molecular weight excluding hydrogens is 222 g/mol. The molecular formula is C7H13Cl3O2. The molecule has 0 spiro atoms. The summed E-state index contributed by atoms with van der Waals surface area (Å²) in [5, 5.41) is 0. The van der Waals surface area contributed by atoms with Gasteiger partial charge in [-0.15, -0.1) is 0 Å². The second-order valence-electron chi connectivity index (χ2n) is 2.26. The lowest BCUT2D eigenvalue weighted by molar-refractivity contribution is -0.127. The van der Waals surface area contributed by atoms with Crippen molar-refractivity contribution in [3.05, 3.63) is 0 Å². The van der Waals surface area contributed by atoms with Crippen LogP contribution in [-0.2, 0) is 9.47 Å². The minimum Gasteiger partial charge on any atom is -0.353 e. The number of hydrogen-bond donors (Lipinski definition) is 0. The summed E-state index contributed by atoms with van der Waals surface area (Å²) >= 11 is 16.5. The summed E-state index contributed by atoms with van der Waals surface area (Å²) in [7, 11) is 0. The lowest BCUT2D eigenvalue weighted by Gasteiger charge is -2.15. The third-order valence-corrected chi connectivity index (χ3v) is 1.71. The molecule has 12 heavy (non-hydrogen) atoms. The second-order valence-corrected chi connectivity index (χ2v) is 4.78. The molecule has 0 radical (unpaired) electrons. The highest BCUT2D eigenvalue weighted by Crippen LogP contribution is 2.29. The van der Waals surface area contributed by atoms with Gasteiger partial charge in [0.1, 0.15) is 0 Å². The molecule has 0 bridgehead atoms. The first-order valence-corrected chi connectivity index (χ1v) is 4.89. The summed E-state index contributed by atoms with van der Waals surface area (Å²) in [5.74, 6) is 0. The Morgan fingerprint density at radius 1 is 1.25 bits per heavy atom. The number of rotatable bonds is 5. The second kappa shape index (κ2) is 6.28. The van der Waals surface area contributed by atoms with Crippen LogP contribution in [0.25, 0.3) is 0 Å². The van der Waals surface area contributed by atoms with Crippen LogP contribution >= 0.6 is 34.8 Å². The molecule has 0 saturated heterocycles. The molecule has 0 aromatic heterocycles. The van der Waals surface area contributed by atoms with Crippen LogP contribution in [0.4, 0.5) is 0 Å². The Labute approximate surface area is 88.1 Å². The third kappa shape index (κ3) is 8.88. The van der Waals surface area contributed by atoms with Crippen LogP contribution in [0.3, 0.4) is 0 Å². The largest absolute Gasteiger partial charge is 0.353 e. The Morgan fingerprint density at radius 2 is 1.83 bits per heavy atom. The number of halogens is 3. The zero-order valence-corrected chi connectivity index (χ0v) is 9.42. The van der Waals surface area contributed by atoms with E-state index in [1.807, 2.05) is 13.8 Å². The molecule has 0 aromatic carbocycles. The van der Waals surface area contributed by atoms with Gasteiger partial charge in [-0.25, -0.2) is 0 Å². The Morgan fingerprint density at radius 3 is 2.25 bits per heavy atom. The van der Waals surface area contributed by atoms with E-state index in [1.165, 1.54) is 0 Å². The van der Waals surface area contributed by atoms with Crippen molar-refractivity contribution < 1.29 is 9.47 Å². The summed E-state index contributed by atoms with van der Waals surface area (Å²) in [6.07, 6.45) is 0.136. The minimum atomic E-state index is -1.23. The van der Waals surface area contributed by atoms with Gasteiger partial charge in [0.15, 0.2) is 10.1 Å². The molecule has 2 nitrogen and oxygen atoms in total. The maximum absolute atomic E-state index is 5.50. The van der Waals surface area contributed by atoms with Gasteiger partial charge < -0.3 is 9.47 Å². The van der Waals surface area contributed by atoms with E-state index < -0.39 is 3.79 Å². The Kier molecular flexibility index (Phi) is 6.69. The van der Waals surface area contributed by atoms with Crippen molar-refractivity contribution in [2.75, 3.05) is 13.2 Å². The molecule has 1 atom stereocenters.